The number of carboxylic acid groups (broad SMARTS) is 1. The fourth-order valence-electron chi connectivity index (χ4n) is 1.47. The van der Waals surface area contributed by atoms with E-state index < -0.39 is 23.5 Å². The third-order valence-electron chi connectivity index (χ3n) is 1.76. The molecule has 0 bridgehead atoms. The Morgan fingerprint density at radius 3 is 1.92 bits per heavy atom. The van der Waals surface area contributed by atoms with Gasteiger partial charge in [0.2, 0.25) is 0 Å². The fourth-order valence-corrected chi connectivity index (χ4v) is 1.47. The number of carboxylic acids is 1. The Bertz CT molecular complexity index is 212. The summed E-state index contributed by atoms with van der Waals surface area (Å²) in [5.41, 5.74) is -0.817. The molecule has 1 aliphatic rings. The zero-order valence-electron chi connectivity index (χ0n) is 8.71. The van der Waals surface area contributed by atoms with Crippen molar-refractivity contribution in [3.63, 3.8) is 0 Å². The number of aliphatic carboxylic acids is 1. The summed E-state index contributed by atoms with van der Waals surface area (Å²) in [5.74, 6) is -2.07. The summed E-state index contributed by atoms with van der Waals surface area (Å²) >= 11 is 0. The van der Waals surface area contributed by atoms with E-state index in [-0.39, 0.29) is 29.6 Å². The SMILES string of the molecule is CC1(C)O[C@@H](C(=O)[O-])C(C)(C)O1.[Na+]. The molecule has 4 nitrogen and oxygen atoms in total. The van der Waals surface area contributed by atoms with Crippen LogP contribution in [0.1, 0.15) is 27.7 Å². The molecule has 1 saturated heterocycles. The van der Waals surface area contributed by atoms with Crippen molar-refractivity contribution in [3.8, 4) is 0 Å². The van der Waals surface area contributed by atoms with E-state index in [0.29, 0.717) is 0 Å². The van der Waals surface area contributed by atoms with Gasteiger partial charge in [-0.2, -0.15) is 0 Å². The van der Waals surface area contributed by atoms with Gasteiger partial charge in [-0.25, -0.2) is 0 Å². The van der Waals surface area contributed by atoms with Gasteiger partial charge in [0.25, 0.3) is 0 Å². The largest absolute Gasteiger partial charge is 1.00 e. The monoisotopic (exact) mass is 196 g/mol. The Hall–Kier alpha value is 0.390. The topological polar surface area (TPSA) is 58.6 Å². The molecule has 0 aromatic carbocycles. The van der Waals surface area contributed by atoms with Gasteiger partial charge in [-0.1, -0.05) is 0 Å². The predicted molar refractivity (Wildman–Crippen MR) is 39.1 cm³/mol. The minimum Gasteiger partial charge on any atom is -0.547 e. The van der Waals surface area contributed by atoms with Crippen LogP contribution in [0.5, 0.6) is 0 Å². The molecule has 0 aliphatic carbocycles. The first-order valence-electron chi connectivity index (χ1n) is 3.83. The molecule has 1 heterocycles. The number of carbonyl (C=O) groups is 1. The van der Waals surface area contributed by atoms with E-state index in [1.165, 1.54) is 0 Å². The van der Waals surface area contributed by atoms with E-state index in [4.69, 9.17) is 9.47 Å². The second-order valence-electron chi connectivity index (χ2n) is 3.92. The molecule has 0 unspecified atom stereocenters. The van der Waals surface area contributed by atoms with Crippen LogP contribution >= 0.6 is 0 Å². The average Bonchev–Trinajstić information content (AvgIpc) is 1.99. The first-order chi connectivity index (χ1) is 5.25. The quantitative estimate of drug-likeness (QED) is 0.412. The molecule has 1 aliphatic heterocycles. The molecule has 0 spiro atoms. The molecule has 5 heteroatoms. The van der Waals surface area contributed by atoms with Gasteiger partial charge in [0.05, 0.1) is 11.6 Å². The first-order valence-corrected chi connectivity index (χ1v) is 3.83. The van der Waals surface area contributed by atoms with Crippen molar-refractivity contribution in [2.24, 2.45) is 0 Å². The van der Waals surface area contributed by atoms with Crippen LogP contribution in [0, 0.1) is 0 Å². The smallest absolute Gasteiger partial charge is 0.547 e. The van der Waals surface area contributed by atoms with Crippen molar-refractivity contribution in [1.29, 1.82) is 0 Å². The second-order valence-corrected chi connectivity index (χ2v) is 3.92. The summed E-state index contributed by atoms with van der Waals surface area (Å²) in [5, 5.41) is 10.6. The van der Waals surface area contributed by atoms with Gasteiger partial charge in [0.15, 0.2) is 5.79 Å². The Kier molecular flexibility index (Phi) is 3.98. The predicted octanol–water partition coefficient (Wildman–Crippen LogP) is -3.33. The number of ether oxygens (including phenoxy) is 2. The summed E-state index contributed by atoms with van der Waals surface area (Å²) in [6.07, 6.45) is -0.993. The van der Waals surface area contributed by atoms with Crippen molar-refractivity contribution < 1.29 is 48.9 Å². The van der Waals surface area contributed by atoms with Crippen LogP contribution in [0.3, 0.4) is 0 Å². The van der Waals surface area contributed by atoms with Crippen molar-refractivity contribution in [2.75, 3.05) is 0 Å². The Balaban J connectivity index is 0.00000144. The fraction of sp³-hybridized carbons (Fsp3) is 0.875. The number of hydrogen-bond acceptors (Lipinski definition) is 4. The first kappa shape index (κ1) is 13.4. The van der Waals surface area contributed by atoms with E-state index >= 15 is 0 Å². The van der Waals surface area contributed by atoms with E-state index in [9.17, 15) is 9.90 Å². The van der Waals surface area contributed by atoms with Crippen LogP contribution < -0.4 is 34.7 Å². The minimum atomic E-state index is -1.23. The Labute approximate surface area is 99.9 Å². The van der Waals surface area contributed by atoms with Crippen LogP contribution in [0.2, 0.25) is 0 Å². The summed E-state index contributed by atoms with van der Waals surface area (Å²) in [7, 11) is 0. The molecule has 0 radical (unpaired) electrons. The molecule has 1 atom stereocenters. The van der Waals surface area contributed by atoms with Crippen LogP contribution in [0.15, 0.2) is 0 Å². The van der Waals surface area contributed by atoms with E-state index in [2.05, 4.69) is 0 Å². The maximum absolute atomic E-state index is 10.6. The average molecular weight is 196 g/mol. The summed E-state index contributed by atoms with van der Waals surface area (Å²) in [6.45, 7) is 6.69. The van der Waals surface area contributed by atoms with Gasteiger partial charge in [-0.05, 0) is 27.7 Å². The normalized spacial score (nSPS) is 29.4. The number of carbonyl (C=O) groups excluding carboxylic acids is 1. The summed E-state index contributed by atoms with van der Waals surface area (Å²) in [4.78, 5) is 10.6. The van der Waals surface area contributed by atoms with Crippen molar-refractivity contribution in [3.05, 3.63) is 0 Å². The minimum absolute atomic E-state index is 0. The Morgan fingerprint density at radius 2 is 1.77 bits per heavy atom. The number of rotatable bonds is 1. The van der Waals surface area contributed by atoms with Crippen LogP contribution in [0.25, 0.3) is 0 Å². The molecular formula is C8H13NaO4. The van der Waals surface area contributed by atoms with Crippen LogP contribution in [-0.2, 0) is 14.3 Å². The molecule has 1 fully saturated rings. The van der Waals surface area contributed by atoms with Gasteiger partial charge in [-0.15, -0.1) is 0 Å². The van der Waals surface area contributed by atoms with Crippen molar-refractivity contribution in [2.45, 2.75) is 45.2 Å². The maximum Gasteiger partial charge on any atom is 1.00 e. The molecule has 70 valence electrons. The standard InChI is InChI=1S/C8H14O4.Na/c1-7(2)5(6(9)10)11-8(3,4)12-7;/h5H,1-4H3,(H,9,10);/q;+1/p-1/t5-;/m0./s1. The third-order valence-corrected chi connectivity index (χ3v) is 1.76. The zero-order valence-corrected chi connectivity index (χ0v) is 10.7. The van der Waals surface area contributed by atoms with Crippen LogP contribution in [0.4, 0.5) is 0 Å². The molecule has 0 N–H and O–H groups in total. The van der Waals surface area contributed by atoms with Gasteiger partial charge < -0.3 is 19.4 Å². The summed E-state index contributed by atoms with van der Waals surface area (Å²) in [6, 6.07) is 0. The summed E-state index contributed by atoms with van der Waals surface area (Å²) < 4.78 is 10.5. The van der Waals surface area contributed by atoms with Crippen molar-refractivity contribution in [1.82, 2.24) is 0 Å². The van der Waals surface area contributed by atoms with E-state index in [1.54, 1.807) is 27.7 Å². The molecule has 0 aromatic heterocycles. The Morgan fingerprint density at radius 1 is 1.31 bits per heavy atom. The van der Waals surface area contributed by atoms with Gasteiger partial charge in [-0.3, -0.25) is 0 Å². The maximum atomic E-state index is 10.6. The molecule has 0 amide bonds. The molecule has 13 heavy (non-hydrogen) atoms. The third kappa shape index (κ3) is 2.92. The number of hydrogen-bond donors (Lipinski definition) is 0. The van der Waals surface area contributed by atoms with E-state index in [0.717, 1.165) is 0 Å². The van der Waals surface area contributed by atoms with Gasteiger partial charge in [0.1, 0.15) is 6.10 Å². The van der Waals surface area contributed by atoms with Crippen LogP contribution in [-0.4, -0.2) is 23.5 Å². The van der Waals surface area contributed by atoms with Crippen molar-refractivity contribution >= 4 is 5.97 Å². The molecule has 0 saturated carbocycles. The van der Waals surface area contributed by atoms with E-state index in [1.807, 2.05) is 0 Å². The molecule has 0 aromatic rings. The van der Waals surface area contributed by atoms with Gasteiger partial charge in [0, 0.05) is 0 Å². The second kappa shape index (κ2) is 3.87. The van der Waals surface area contributed by atoms with Gasteiger partial charge >= 0.3 is 29.6 Å². The zero-order chi connectivity index (χ0) is 9.57. The molecular weight excluding hydrogens is 183 g/mol. The molecule has 1 rings (SSSR count).